The predicted octanol–water partition coefficient (Wildman–Crippen LogP) is 1.99. The second kappa shape index (κ2) is 6.22. The smallest absolute Gasteiger partial charge is 0.337 e. The van der Waals surface area contributed by atoms with E-state index < -0.39 is 5.97 Å². The van der Waals surface area contributed by atoms with Crippen LogP contribution >= 0.6 is 0 Å². The van der Waals surface area contributed by atoms with Gasteiger partial charge in [-0.3, -0.25) is 9.89 Å². The number of nitrogens with zero attached hydrogens (tertiary/aromatic N) is 3. The molecule has 24 heavy (non-hydrogen) atoms. The van der Waals surface area contributed by atoms with E-state index in [1.54, 1.807) is 30.5 Å². The molecule has 0 spiro atoms. The number of pyridine rings is 1. The van der Waals surface area contributed by atoms with Gasteiger partial charge in [-0.25, -0.2) is 14.5 Å². The van der Waals surface area contributed by atoms with Crippen molar-refractivity contribution in [2.45, 2.75) is 6.42 Å². The minimum absolute atomic E-state index is 0.0709. The van der Waals surface area contributed by atoms with Crippen molar-refractivity contribution in [2.75, 3.05) is 0 Å². The molecule has 2 aromatic heterocycles. The summed E-state index contributed by atoms with van der Waals surface area (Å²) < 4.78 is 1.44. The van der Waals surface area contributed by atoms with Gasteiger partial charge in [-0.05, 0) is 23.3 Å². The first-order valence-corrected chi connectivity index (χ1v) is 7.06. The van der Waals surface area contributed by atoms with E-state index in [-0.39, 0.29) is 11.1 Å². The van der Waals surface area contributed by atoms with Gasteiger partial charge < -0.3 is 5.11 Å². The first kappa shape index (κ1) is 15.2. The van der Waals surface area contributed by atoms with Crippen molar-refractivity contribution in [1.82, 2.24) is 14.8 Å². The van der Waals surface area contributed by atoms with Gasteiger partial charge in [0.15, 0.2) is 5.82 Å². The zero-order valence-corrected chi connectivity index (χ0v) is 12.4. The molecule has 0 saturated heterocycles. The Morgan fingerprint density at radius 2 is 2.00 bits per heavy atom. The van der Waals surface area contributed by atoms with Crippen molar-refractivity contribution in [1.29, 1.82) is 5.26 Å². The summed E-state index contributed by atoms with van der Waals surface area (Å²) in [4.78, 5) is 27.0. The van der Waals surface area contributed by atoms with Crippen LogP contribution in [0.4, 0.5) is 0 Å². The van der Waals surface area contributed by atoms with E-state index in [1.807, 2.05) is 0 Å². The van der Waals surface area contributed by atoms with E-state index in [9.17, 15) is 9.59 Å². The van der Waals surface area contributed by atoms with Crippen LogP contribution in [0.1, 0.15) is 15.9 Å². The Morgan fingerprint density at radius 3 is 2.58 bits per heavy atom. The Kier molecular flexibility index (Phi) is 3.95. The number of carboxylic acid groups (broad SMARTS) is 1. The molecule has 2 heterocycles. The van der Waals surface area contributed by atoms with Crippen LogP contribution in [-0.4, -0.2) is 25.8 Å². The Balaban J connectivity index is 1.94. The van der Waals surface area contributed by atoms with Crippen LogP contribution in [0.5, 0.6) is 0 Å². The maximum absolute atomic E-state index is 12.1. The maximum Gasteiger partial charge on any atom is 0.337 e. The van der Waals surface area contributed by atoms with Gasteiger partial charge in [-0.1, -0.05) is 24.3 Å². The SMILES string of the molecule is N#CCc1ccc(-c2cn(-c3ccc(C(=O)O)cn3)[nH]c2=O)cc1. The van der Waals surface area contributed by atoms with Crippen LogP contribution in [0.3, 0.4) is 0 Å². The van der Waals surface area contributed by atoms with Crippen LogP contribution in [0, 0.1) is 11.3 Å². The monoisotopic (exact) mass is 320 g/mol. The molecule has 0 unspecified atom stereocenters. The molecule has 0 saturated carbocycles. The van der Waals surface area contributed by atoms with Crippen LogP contribution in [0.25, 0.3) is 16.9 Å². The highest BCUT2D eigenvalue weighted by molar-refractivity contribution is 5.87. The van der Waals surface area contributed by atoms with Crippen molar-refractivity contribution in [3.63, 3.8) is 0 Å². The predicted molar refractivity (Wildman–Crippen MR) is 85.9 cm³/mol. The number of hydrogen-bond acceptors (Lipinski definition) is 4. The number of carbonyl (C=O) groups is 1. The summed E-state index contributed by atoms with van der Waals surface area (Å²) >= 11 is 0. The fourth-order valence-electron chi connectivity index (χ4n) is 2.27. The van der Waals surface area contributed by atoms with E-state index in [0.717, 1.165) is 11.1 Å². The second-order valence-corrected chi connectivity index (χ2v) is 5.10. The maximum atomic E-state index is 12.1. The number of aromatic carboxylic acids is 1. The highest BCUT2D eigenvalue weighted by Crippen LogP contribution is 2.17. The topological polar surface area (TPSA) is 112 Å². The van der Waals surface area contributed by atoms with Gasteiger partial charge >= 0.3 is 5.97 Å². The highest BCUT2D eigenvalue weighted by atomic mass is 16.4. The average Bonchev–Trinajstić information content (AvgIpc) is 2.98. The molecule has 2 N–H and O–H groups in total. The number of hydrogen-bond donors (Lipinski definition) is 2. The van der Waals surface area contributed by atoms with E-state index in [1.165, 1.54) is 23.0 Å². The highest BCUT2D eigenvalue weighted by Gasteiger charge is 2.10. The molecule has 3 rings (SSSR count). The van der Waals surface area contributed by atoms with Crippen LogP contribution < -0.4 is 5.56 Å². The normalized spacial score (nSPS) is 10.3. The first-order chi connectivity index (χ1) is 11.6. The Bertz CT molecular complexity index is 976. The van der Waals surface area contributed by atoms with E-state index >= 15 is 0 Å². The third kappa shape index (κ3) is 2.94. The van der Waals surface area contributed by atoms with Gasteiger partial charge in [0.2, 0.25) is 0 Å². The number of benzene rings is 1. The number of rotatable bonds is 4. The molecule has 7 nitrogen and oxygen atoms in total. The van der Waals surface area contributed by atoms with Crippen LogP contribution in [-0.2, 0) is 6.42 Å². The Morgan fingerprint density at radius 1 is 1.25 bits per heavy atom. The lowest BCUT2D eigenvalue weighted by molar-refractivity contribution is 0.0696. The van der Waals surface area contributed by atoms with E-state index in [4.69, 9.17) is 10.4 Å². The van der Waals surface area contributed by atoms with Gasteiger partial charge in [0.05, 0.1) is 23.6 Å². The molecule has 0 atom stereocenters. The van der Waals surface area contributed by atoms with Gasteiger partial charge in [0, 0.05) is 12.4 Å². The summed E-state index contributed by atoms with van der Waals surface area (Å²) in [6.07, 6.45) is 3.15. The average molecular weight is 320 g/mol. The molecule has 118 valence electrons. The molecule has 0 aliphatic rings. The molecule has 0 radical (unpaired) electrons. The van der Waals surface area contributed by atoms with Crippen LogP contribution in [0.2, 0.25) is 0 Å². The number of carboxylic acids is 1. The number of nitrogens with one attached hydrogen (secondary N) is 1. The molecule has 0 aliphatic carbocycles. The number of nitriles is 1. The summed E-state index contributed by atoms with van der Waals surface area (Å²) in [5.74, 6) is -0.655. The van der Waals surface area contributed by atoms with Gasteiger partial charge in [-0.2, -0.15) is 5.26 Å². The summed E-state index contributed by atoms with van der Waals surface area (Å²) in [6, 6.07) is 12.2. The van der Waals surface area contributed by atoms with Gasteiger partial charge in [0.1, 0.15) is 0 Å². The first-order valence-electron chi connectivity index (χ1n) is 7.06. The lowest BCUT2D eigenvalue weighted by atomic mass is 10.1. The van der Waals surface area contributed by atoms with E-state index in [0.29, 0.717) is 17.8 Å². The zero-order chi connectivity index (χ0) is 17.1. The lowest BCUT2D eigenvalue weighted by Crippen LogP contribution is -2.07. The van der Waals surface area contributed by atoms with E-state index in [2.05, 4.69) is 16.2 Å². The third-order valence-electron chi connectivity index (χ3n) is 3.51. The minimum atomic E-state index is -1.06. The summed E-state index contributed by atoms with van der Waals surface area (Å²) in [5, 5.41) is 20.2. The summed E-state index contributed by atoms with van der Waals surface area (Å²) in [6.45, 7) is 0. The molecule has 7 heteroatoms. The lowest BCUT2D eigenvalue weighted by Gasteiger charge is -2.01. The standard InChI is InChI=1S/C17H12N4O3/c18-8-7-11-1-3-12(4-2-11)14-10-21(20-16(14)22)15-6-5-13(9-19-15)17(23)24/h1-6,9-10H,7H2,(H,20,22)(H,23,24). The molecular formula is C17H12N4O3. The van der Waals surface area contributed by atoms with Gasteiger partial charge in [-0.15, -0.1) is 0 Å². The molecule has 0 bridgehead atoms. The fourth-order valence-corrected chi connectivity index (χ4v) is 2.27. The molecular weight excluding hydrogens is 308 g/mol. The summed E-state index contributed by atoms with van der Waals surface area (Å²) in [5.41, 5.74) is 1.85. The Labute approximate surface area is 136 Å². The molecule has 3 aromatic rings. The van der Waals surface area contributed by atoms with Crippen LogP contribution in [0.15, 0.2) is 53.6 Å². The number of H-pyrrole nitrogens is 1. The summed E-state index contributed by atoms with van der Waals surface area (Å²) in [7, 11) is 0. The van der Waals surface area contributed by atoms with Crippen molar-refractivity contribution in [2.24, 2.45) is 0 Å². The molecule has 0 aliphatic heterocycles. The Hall–Kier alpha value is -3.66. The fraction of sp³-hybridized carbons (Fsp3) is 0.0588. The van der Waals surface area contributed by atoms with Crippen molar-refractivity contribution in [3.8, 4) is 23.0 Å². The quantitative estimate of drug-likeness (QED) is 0.763. The van der Waals surface area contributed by atoms with Gasteiger partial charge in [0.25, 0.3) is 5.56 Å². The largest absolute Gasteiger partial charge is 0.478 e. The number of aromatic nitrogens is 3. The third-order valence-corrected chi connectivity index (χ3v) is 3.51. The molecule has 0 fully saturated rings. The molecule has 0 amide bonds. The van der Waals surface area contributed by atoms with Crippen molar-refractivity contribution in [3.05, 3.63) is 70.3 Å². The number of aromatic amines is 1. The van der Waals surface area contributed by atoms with Crippen molar-refractivity contribution < 1.29 is 9.90 Å². The molecule has 1 aromatic carbocycles. The minimum Gasteiger partial charge on any atom is -0.478 e. The van der Waals surface area contributed by atoms with Crippen molar-refractivity contribution >= 4 is 5.97 Å². The zero-order valence-electron chi connectivity index (χ0n) is 12.4. The second-order valence-electron chi connectivity index (χ2n) is 5.10.